The molecule has 6 nitrogen and oxygen atoms in total. The molecule has 0 atom stereocenters. The maximum atomic E-state index is 12.5. The van der Waals surface area contributed by atoms with Crippen molar-refractivity contribution in [1.82, 2.24) is 19.7 Å². The number of hydrogen-bond donors (Lipinski definition) is 1. The first-order chi connectivity index (χ1) is 10.5. The highest BCUT2D eigenvalue weighted by Crippen LogP contribution is 2.25. The van der Waals surface area contributed by atoms with Gasteiger partial charge in [0, 0.05) is 31.6 Å². The molecule has 1 aliphatic rings. The predicted molar refractivity (Wildman–Crippen MR) is 82.9 cm³/mol. The summed E-state index contributed by atoms with van der Waals surface area (Å²) in [5.74, 6) is 1.03. The van der Waals surface area contributed by atoms with Crippen molar-refractivity contribution in [1.29, 1.82) is 0 Å². The number of H-pyrrole nitrogens is 1. The summed E-state index contributed by atoms with van der Waals surface area (Å²) in [6.45, 7) is 3.39. The number of benzene rings is 1. The van der Waals surface area contributed by atoms with Gasteiger partial charge >= 0.3 is 5.69 Å². The number of carbonyl (C=O) groups excluding carboxylic acids is 1. The molecule has 0 saturated carbocycles. The largest absolute Gasteiger partial charge is 0.343 e. The normalized spacial score (nSPS) is 16.0. The number of nitrogens with one attached hydrogen (secondary N) is 1. The van der Waals surface area contributed by atoms with E-state index < -0.39 is 0 Å². The monoisotopic (exact) mass is 300 g/mol. The van der Waals surface area contributed by atoms with Gasteiger partial charge in [-0.15, -0.1) is 0 Å². The summed E-state index contributed by atoms with van der Waals surface area (Å²) >= 11 is 0. The lowest BCUT2D eigenvalue weighted by Gasteiger charge is -2.31. The number of rotatable bonds is 2. The van der Waals surface area contributed by atoms with E-state index in [-0.39, 0.29) is 17.5 Å². The zero-order valence-corrected chi connectivity index (χ0v) is 12.9. The summed E-state index contributed by atoms with van der Waals surface area (Å²) in [5, 5.41) is 4.22. The van der Waals surface area contributed by atoms with Crippen molar-refractivity contribution in [2.24, 2.45) is 7.05 Å². The van der Waals surface area contributed by atoms with E-state index in [1.54, 1.807) is 7.05 Å². The molecule has 2 aromatic rings. The molecule has 0 radical (unpaired) electrons. The second-order valence-corrected chi connectivity index (χ2v) is 5.87. The smallest absolute Gasteiger partial charge is 0.339 e. The van der Waals surface area contributed by atoms with Crippen LogP contribution in [0.5, 0.6) is 0 Å². The lowest BCUT2D eigenvalue weighted by molar-refractivity contribution is 0.0711. The van der Waals surface area contributed by atoms with Crippen molar-refractivity contribution in [3.8, 4) is 0 Å². The van der Waals surface area contributed by atoms with Crippen LogP contribution in [0, 0.1) is 6.92 Å². The molecule has 22 heavy (non-hydrogen) atoms. The molecule has 0 aliphatic carbocycles. The van der Waals surface area contributed by atoms with Crippen LogP contribution >= 0.6 is 0 Å². The van der Waals surface area contributed by atoms with Gasteiger partial charge in [0.25, 0.3) is 5.91 Å². The Morgan fingerprint density at radius 2 is 1.86 bits per heavy atom. The van der Waals surface area contributed by atoms with Gasteiger partial charge in [-0.3, -0.25) is 9.78 Å². The summed E-state index contributed by atoms with van der Waals surface area (Å²) in [5.41, 5.74) is 1.69. The summed E-state index contributed by atoms with van der Waals surface area (Å²) in [6, 6.07) is 7.66. The lowest BCUT2D eigenvalue weighted by Crippen LogP contribution is -2.38. The van der Waals surface area contributed by atoms with Gasteiger partial charge in [0.05, 0.1) is 0 Å². The third-order valence-corrected chi connectivity index (χ3v) is 4.25. The van der Waals surface area contributed by atoms with Crippen LogP contribution in [0.4, 0.5) is 0 Å². The zero-order valence-electron chi connectivity index (χ0n) is 12.9. The summed E-state index contributed by atoms with van der Waals surface area (Å²) in [6.07, 6.45) is 1.65. The van der Waals surface area contributed by atoms with Gasteiger partial charge in [0.2, 0.25) is 0 Å². The molecule has 116 valence electrons. The van der Waals surface area contributed by atoms with Crippen LogP contribution < -0.4 is 5.69 Å². The molecule has 1 aliphatic heterocycles. The van der Waals surface area contributed by atoms with Gasteiger partial charge in [0.15, 0.2) is 0 Å². The topological polar surface area (TPSA) is 71.0 Å². The number of nitrogens with zero attached hydrogens (tertiary/aromatic N) is 3. The number of hydrogen-bond acceptors (Lipinski definition) is 3. The first-order valence-corrected chi connectivity index (χ1v) is 7.54. The van der Waals surface area contributed by atoms with E-state index in [0.29, 0.717) is 13.1 Å². The maximum Gasteiger partial charge on any atom is 0.343 e. The molecule has 1 N–H and O–H groups in total. The first-order valence-electron chi connectivity index (χ1n) is 7.54. The van der Waals surface area contributed by atoms with Crippen LogP contribution in [0.25, 0.3) is 0 Å². The molecule has 6 heteroatoms. The SMILES string of the molecule is Cc1ccc(C(=O)N2CCC(c3nn(C)c(=O)[nH]3)CC2)cc1. The number of aromatic nitrogens is 3. The van der Waals surface area contributed by atoms with E-state index in [0.717, 1.165) is 29.8 Å². The van der Waals surface area contributed by atoms with Crippen LogP contribution in [0.2, 0.25) is 0 Å². The Bertz CT molecular complexity index is 721. The molecular weight excluding hydrogens is 280 g/mol. The van der Waals surface area contributed by atoms with E-state index in [4.69, 9.17) is 0 Å². The van der Waals surface area contributed by atoms with E-state index in [2.05, 4.69) is 10.1 Å². The van der Waals surface area contributed by atoms with Crippen molar-refractivity contribution < 1.29 is 4.79 Å². The van der Waals surface area contributed by atoms with E-state index in [9.17, 15) is 9.59 Å². The van der Waals surface area contributed by atoms with Gasteiger partial charge < -0.3 is 4.90 Å². The van der Waals surface area contributed by atoms with Crippen molar-refractivity contribution >= 4 is 5.91 Å². The van der Waals surface area contributed by atoms with Crippen molar-refractivity contribution in [2.75, 3.05) is 13.1 Å². The molecule has 1 fully saturated rings. The Labute approximate surface area is 128 Å². The summed E-state index contributed by atoms with van der Waals surface area (Å²) < 4.78 is 1.32. The minimum Gasteiger partial charge on any atom is -0.339 e. The summed E-state index contributed by atoms with van der Waals surface area (Å²) in [4.78, 5) is 28.6. The number of aryl methyl sites for hydroxylation is 2. The fourth-order valence-electron chi connectivity index (χ4n) is 2.84. The third kappa shape index (κ3) is 2.81. The first kappa shape index (κ1) is 14.6. The Kier molecular flexibility index (Phi) is 3.83. The predicted octanol–water partition coefficient (Wildman–Crippen LogP) is 1.44. The van der Waals surface area contributed by atoms with Crippen LogP contribution in [0.15, 0.2) is 29.1 Å². The molecule has 0 bridgehead atoms. The average molecular weight is 300 g/mol. The molecule has 0 unspecified atom stereocenters. The van der Waals surface area contributed by atoms with Gasteiger partial charge in [0.1, 0.15) is 5.82 Å². The second kappa shape index (κ2) is 5.79. The molecule has 3 rings (SSSR count). The lowest BCUT2D eigenvalue weighted by atomic mass is 9.95. The van der Waals surface area contributed by atoms with Gasteiger partial charge in [-0.1, -0.05) is 17.7 Å². The van der Waals surface area contributed by atoms with Crippen molar-refractivity contribution in [3.63, 3.8) is 0 Å². The number of piperidine rings is 1. The third-order valence-electron chi connectivity index (χ3n) is 4.25. The second-order valence-electron chi connectivity index (χ2n) is 5.87. The fraction of sp³-hybridized carbons (Fsp3) is 0.438. The van der Waals surface area contributed by atoms with E-state index in [1.165, 1.54) is 4.68 Å². The van der Waals surface area contributed by atoms with Gasteiger partial charge in [-0.05, 0) is 31.9 Å². The number of aromatic amines is 1. The Balaban J connectivity index is 1.65. The van der Waals surface area contributed by atoms with Crippen molar-refractivity contribution in [2.45, 2.75) is 25.7 Å². The minimum atomic E-state index is -0.187. The molecule has 1 aromatic heterocycles. The molecular formula is C16H20N4O2. The van der Waals surface area contributed by atoms with Gasteiger partial charge in [-0.25, -0.2) is 9.48 Å². The molecule has 2 heterocycles. The van der Waals surface area contributed by atoms with Crippen LogP contribution in [0.1, 0.15) is 40.5 Å². The highest BCUT2D eigenvalue weighted by atomic mass is 16.2. The number of amides is 1. The highest BCUT2D eigenvalue weighted by Gasteiger charge is 2.26. The number of carbonyl (C=O) groups is 1. The molecule has 0 spiro atoms. The highest BCUT2D eigenvalue weighted by molar-refractivity contribution is 5.94. The standard InChI is InChI=1S/C16H20N4O2/c1-11-3-5-13(6-4-11)15(21)20-9-7-12(8-10-20)14-17-16(22)19(2)18-14/h3-6,12H,7-10H2,1-2H3,(H,17,18,22). The van der Waals surface area contributed by atoms with Crippen molar-refractivity contribution in [3.05, 3.63) is 51.7 Å². The Morgan fingerprint density at radius 3 is 2.41 bits per heavy atom. The van der Waals surface area contributed by atoms with Crippen LogP contribution in [-0.4, -0.2) is 38.7 Å². The average Bonchev–Trinajstić information content (AvgIpc) is 2.87. The fourth-order valence-corrected chi connectivity index (χ4v) is 2.84. The Hall–Kier alpha value is -2.37. The summed E-state index contributed by atoms with van der Waals surface area (Å²) in [7, 11) is 1.64. The maximum absolute atomic E-state index is 12.5. The van der Waals surface area contributed by atoms with Gasteiger partial charge in [-0.2, -0.15) is 5.10 Å². The zero-order chi connectivity index (χ0) is 15.7. The quantitative estimate of drug-likeness (QED) is 0.912. The molecule has 1 amide bonds. The number of likely N-dealkylation sites (tertiary alicyclic amines) is 1. The Morgan fingerprint density at radius 1 is 1.23 bits per heavy atom. The minimum absolute atomic E-state index is 0.0768. The van der Waals surface area contributed by atoms with E-state index in [1.807, 2.05) is 36.1 Å². The van der Waals surface area contributed by atoms with Crippen LogP contribution in [0.3, 0.4) is 0 Å². The van der Waals surface area contributed by atoms with E-state index >= 15 is 0 Å². The molecule has 1 saturated heterocycles. The molecule has 1 aromatic carbocycles. The van der Waals surface area contributed by atoms with Crippen LogP contribution in [-0.2, 0) is 7.05 Å².